The van der Waals surface area contributed by atoms with Crippen LogP contribution in [0.2, 0.25) is 0 Å². The summed E-state index contributed by atoms with van der Waals surface area (Å²) in [5, 5.41) is 3.28. The first-order valence-electron chi connectivity index (χ1n) is 7.76. The summed E-state index contributed by atoms with van der Waals surface area (Å²) in [7, 11) is 0. The summed E-state index contributed by atoms with van der Waals surface area (Å²) in [5.74, 6) is 0. The SMILES string of the molecule is C=C(C/C=C\C(C)=C/C)/N=C/NC(C)C(/C=C/C)=C/C=C\C. The fraction of sp³-hybridized carbons (Fsp3) is 0.350. The van der Waals surface area contributed by atoms with E-state index in [0.29, 0.717) is 0 Å². The Kier molecular flexibility index (Phi) is 11.4. The van der Waals surface area contributed by atoms with Gasteiger partial charge in [0.25, 0.3) is 0 Å². The Morgan fingerprint density at radius 2 is 1.91 bits per heavy atom. The second-order valence-electron chi connectivity index (χ2n) is 5.04. The summed E-state index contributed by atoms with van der Waals surface area (Å²) in [6.45, 7) is 14.2. The molecule has 0 aliphatic carbocycles. The van der Waals surface area contributed by atoms with E-state index >= 15 is 0 Å². The van der Waals surface area contributed by atoms with Gasteiger partial charge >= 0.3 is 0 Å². The third-order valence-corrected chi connectivity index (χ3v) is 3.10. The van der Waals surface area contributed by atoms with Gasteiger partial charge in [0.05, 0.1) is 6.34 Å². The summed E-state index contributed by atoms with van der Waals surface area (Å²) in [4.78, 5) is 4.34. The quantitative estimate of drug-likeness (QED) is 0.339. The lowest BCUT2D eigenvalue weighted by Crippen LogP contribution is -2.25. The Morgan fingerprint density at radius 3 is 2.50 bits per heavy atom. The molecule has 0 aliphatic rings. The molecule has 0 saturated carbocycles. The van der Waals surface area contributed by atoms with Gasteiger partial charge in [-0.05, 0) is 40.2 Å². The van der Waals surface area contributed by atoms with E-state index in [-0.39, 0.29) is 6.04 Å². The third-order valence-electron chi connectivity index (χ3n) is 3.10. The van der Waals surface area contributed by atoms with E-state index in [9.17, 15) is 0 Å². The molecule has 1 atom stereocenters. The van der Waals surface area contributed by atoms with Gasteiger partial charge in [0, 0.05) is 18.2 Å². The molecule has 0 heterocycles. The van der Waals surface area contributed by atoms with Crippen molar-refractivity contribution in [2.75, 3.05) is 0 Å². The topological polar surface area (TPSA) is 24.4 Å². The largest absolute Gasteiger partial charge is 0.370 e. The van der Waals surface area contributed by atoms with Gasteiger partial charge in [0.2, 0.25) is 0 Å². The minimum absolute atomic E-state index is 0.199. The molecule has 120 valence electrons. The number of nitrogens with one attached hydrogen (secondary N) is 1. The van der Waals surface area contributed by atoms with Crippen molar-refractivity contribution >= 4 is 6.34 Å². The van der Waals surface area contributed by atoms with Crippen LogP contribution in [0.4, 0.5) is 0 Å². The minimum atomic E-state index is 0.199. The van der Waals surface area contributed by atoms with Crippen LogP contribution in [0, 0.1) is 0 Å². The standard InChI is InChI=1S/C20H30N2/c1-7-10-15-20(12-8-2)19(6)22-16-21-18(5)14-11-13-17(4)9-3/h7-13,15-16,19H,5,14H2,1-4,6H3,(H,21,22)/b10-7-,12-8+,13-11-,17-9-,20-15+. The molecule has 1 N–H and O–H groups in total. The third kappa shape index (κ3) is 9.76. The van der Waals surface area contributed by atoms with Crippen molar-refractivity contribution in [1.82, 2.24) is 5.32 Å². The number of hydrogen-bond donors (Lipinski definition) is 1. The highest BCUT2D eigenvalue weighted by molar-refractivity contribution is 5.57. The van der Waals surface area contributed by atoms with E-state index in [4.69, 9.17) is 0 Å². The molecule has 1 unspecified atom stereocenters. The van der Waals surface area contributed by atoms with Crippen LogP contribution in [0.3, 0.4) is 0 Å². The van der Waals surface area contributed by atoms with Gasteiger partial charge < -0.3 is 5.32 Å². The molecule has 0 spiro atoms. The zero-order valence-electron chi connectivity index (χ0n) is 14.6. The number of hydrogen-bond acceptors (Lipinski definition) is 1. The van der Waals surface area contributed by atoms with E-state index < -0.39 is 0 Å². The van der Waals surface area contributed by atoms with E-state index in [2.05, 4.69) is 61.1 Å². The van der Waals surface area contributed by atoms with Crippen LogP contribution in [0.25, 0.3) is 0 Å². The maximum Gasteiger partial charge on any atom is 0.0886 e. The highest BCUT2D eigenvalue weighted by Crippen LogP contribution is 2.05. The highest BCUT2D eigenvalue weighted by atomic mass is 15.0. The second kappa shape index (κ2) is 12.6. The molecular weight excluding hydrogens is 268 g/mol. The first kappa shape index (κ1) is 19.9. The Morgan fingerprint density at radius 1 is 1.18 bits per heavy atom. The van der Waals surface area contributed by atoms with Crippen molar-refractivity contribution in [1.29, 1.82) is 0 Å². The average molecular weight is 298 g/mol. The second-order valence-corrected chi connectivity index (χ2v) is 5.04. The molecule has 0 saturated heterocycles. The zero-order valence-corrected chi connectivity index (χ0v) is 14.6. The molecule has 22 heavy (non-hydrogen) atoms. The summed E-state index contributed by atoms with van der Waals surface area (Å²) in [6.07, 6.45) is 19.0. The minimum Gasteiger partial charge on any atom is -0.370 e. The van der Waals surface area contributed by atoms with Crippen LogP contribution in [0.15, 0.2) is 77.0 Å². The fourth-order valence-corrected chi connectivity index (χ4v) is 1.61. The van der Waals surface area contributed by atoms with E-state index in [1.807, 2.05) is 39.0 Å². The molecule has 0 fully saturated rings. The van der Waals surface area contributed by atoms with Crippen LogP contribution in [-0.4, -0.2) is 12.4 Å². The highest BCUT2D eigenvalue weighted by Gasteiger charge is 2.01. The zero-order chi connectivity index (χ0) is 16.8. The monoisotopic (exact) mass is 298 g/mol. The fourth-order valence-electron chi connectivity index (χ4n) is 1.61. The van der Waals surface area contributed by atoms with E-state index in [0.717, 1.165) is 12.1 Å². The number of rotatable bonds is 9. The van der Waals surface area contributed by atoms with Crippen molar-refractivity contribution in [3.8, 4) is 0 Å². The molecular formula is C20H30N2. The van der Waals surface area contributed by atoms with Crippen molar-refractivity contribution in [3.05, 3.63) is 72.0 Å². The molecule has 0 aromatic carbocycles. The van der Waals surface area contributed by atoms with Crippen molar-refractivity contribution in [3.63, 3.8) is 0 Å². The number of nitrogens with zero attached hydrogens (tertiary/aromatic N) is 1. The Bertz CT molecular complexity index is 500. The average Bonchev–Trinajstić information content (AvgIpc) is 2.50. The molecule has 0 amide bonds. The van der Waals surface area contributed by atoms with Crippen molar-refractivity contribution in [2.24, 2.45) is 4.99 Å². The maximum absolute atomic E-state index is 4.34. The smallest absolute Gasteiger partial charge is 0.0886 e. The van der Waals surface area contributed by atoms with Gasteiger partial charge in [-0.15, -0.1) is 0 Å². The van der Waals surface area contributed by atoms with Crippen LogP contribution < -0.4 is 5.32 Å². The van der Waals surface area contributed by atoms with Gasteiger partial charge in [0.1, 0.15) is 0 Å². The lowest BCUT2D eigenvalue weighted by molar-refractivity contribution is 0.786. The molecule has 0 radical (unpaired) electrons. The molecule has 0 aromatic rings. The Balaban J connectivity index is 4.46. The first-order chi connectivity index (χ1) is 10.5. The van der Waals surface area contributed by atoms with Crippen LogP contribution in [0.5, 0.6) is 0 Å². The van der Waals surface area contributed by atoms with Crippen molar-refractivity contribution < 1.29 is 0 Å². The van der Waals surface area contributed by atoms with E-state index in [1.54, 1.807) is 6.34 Å². The lowest BCUT2D eigenvalue weighted by atomic mass is 10.1. The molecule has 2 heteroatoms. The number of allylic oxidation sites excluding steroid dienone is 8. The van der Waals surface area contributed by atoms with Gasteiger partial charge in [-0.3, -0.25) is 0 Å². The maximum atomic E-state index is 4.34. The van der Waals surface area contributed by atoms with Gasteiger partial charge in [-0.1, -0.05) is 60.8 Å². The van der Waals surface area contributed by atoms with Gasteiger partial charge in [0.15, 0.2) is 0 Å². The Labute approximate surface area is 136 Å². The Hall–Kier alpha value is -2.09. The summed E-state index contributed by atoms with van der Waals surface area (Å²) in [6, 6.07) is 0.199. The predicted molar refractivity (Wildman–Crippen MR) is 101 cm³/mol. The number of aliphatic imine (C=N–C) groups is 1. The van der Waals surface area contributed by atoms with Gasteiger partial charge in [-0.2, -0.15) is 0 Å². The van der Waals surface area contributed by atoms with Crippen molar-refractivity contribution in [2.45, 2.75) is 47.1 Å². The normalized spacial score (nSPS) is 15.5. The first-order valence-corrected chi connectivity index (χ1v) is 7.76. The lowest BCUT2D eigenvalue weighted by Gasteiger charge is -2.12. The van der Waals surface area contributed by atoms with Crippen LogP contribution in [0.1, 0.15) is 41.0 Å². The molecule has 0 bridgehead atoms. The van der Waals surface area contributed by atoms with Gasteiger partial charge in [-0.25, -0.2) is 4.99 Å². The summed E-state index contributed by atoms with van der Waals surface area (Å²) in [5.41, 5.74) is 3.29. The van der Waals surface area contributed by atoms with Crippen LogP contribution in [-0.2, 0) is 0 Å². The molecule has 0 aliphatic heterocycles. The molecule has 2 nitrogen and oxygen atoms in total. The molecule has 0 aromatic heterocycles. The molecule has 0 rings (SSSR count). The summed E-state index contributed by atoms with van der Waals surface area (Å²) >= 11 is 0. The van der Waals surface area contributed by atoms with E-state index in [1.165, 1.54) is 11.1 Å². The predicted octanol–water partition coefficient (Wildman–Crippen LogP) is 5.50. The van der Waals surface area contributed by atoms with Crippen LogP contribution >= 0.6 is 0 Å². The summed E-state index contributed by atoms with van der Waals surface area (Å²) < 4.78 is 0.